The normalized spacial score (nSPS) is 17.3. The second-order valence-electron chi connectivity index (χ2n) is 3.95. The van der Waals surface area contributed by atoms with Crippen molar-refractivity contribution in [3.63, 3.8) is 0 Å². The zero-order valence-electron chi connectivity index (χ0n) is 9.19. The van der Waals surface area contributed by atoms with E-state index >= 15 is 0 Å². The van der Waals surface area contributed by atoms with Crippen LogP contribution in [0.15, 0.2) is 12.1 Å². The fourth-order valence-electron chi connectivity index (χ4n) is 1.69. The Morgan fingerprint density at radius 1 is 1.35 bits per heavy atom. The van der Waals surface area contributed by atoms with E-state index in [9.17, 15) is 13.9 Å². The Bertz CT molecular complexity index is 423. The van der Waals surface area contributed by atoms with Gasteiger partial charge in [0.25, 0.3) is 6.43 Å². The summed E-state index contributed by atoms with van der Waals surface area (Å²) in [5.41, 5.74) is 5.58. The van der Waals surface area contributed by atoms with Gasteiger partial charge in [-0.25, -0.2) is 8.78 Å². The summed E-state index contributed by atoms with van der Waals surface area (Å²) < 4.78 is 35.5. The lowest BCUT2D eigenvalue weighted by Crippen LogP contribution is -2.24. The van der Waals surface area contributed by atoms with E-state index < -0.39 is 18.6 Å². The average Bonchev–Trinajstić information content (AvgIpc) is 2.74. The molecular formula is C11H13F2NO3. The second kappa shape index (κ2) is 4.46. The maximum atomic E-state index is 12.7. The highest BCUT2D eigenvalue weighted by Gasteiger charge is 2.27. The predicted molar refractivity (Wildman–Crippen MR) is 56.1 cm³/mol. The molecule has 94 valence electrons. The smallest absolute Gasteiger partial charge is 0.263 e. The van der Waals surface area contributed by atoms with E-state index in [1.165, 1.54) is 12.1 Å². The lowest BCUT2D eigenvalue weighted by molar-refractivity contribution is 0.140. The number of fused-ring (bicyclic) bond motifs is 1. The Labute approximate surface area is 96.9 Å². The van der Waals surface area contributed by atoms with Crippen molar-refractivity contribution in [1.29, 1.82) is 0 Å². The van der Waals surface area contributed by atoms with Crippen molar-refractivity contribution in [2.24, 2.45) is 5.73 Å². The molecule has 1 aromatic rings. The third-order valence-electron chi connectivity index (χ3n) is 2.59. The number of hydrogen-bond acceptors (Lipinski definition) is 4. The van der Waals surface area contributed by atoms with Gasteiger partial charge in [0.2, 0.25) is 6.79 Å². The summed E-state index contributed by atoms with van der Waals surface area (Å²) in [4.78, 5) is 0. The molecule has 2 unspecified atom stereocenters. The van der Waals surface area contributed by atoms with Gasteiger partial charge in [0.05, 0.1) is 6.10 Å². The largest absolute Gasteiger partial charge is 0.454 e. The fraction of sp³-hybridized carbons (Fsp3) is 0.455. The van der Waals surface area contributed by atoms with Gasteiger partial charge in [-0.05, 0) is 19.1 Å². The van der Waals surface area contributed by atoms with E-state index in [0.29, 0.717) is 5.75 Å². The minimum Gasteiger partial charge on any atom is -0.454 e. The van der Waals surface area contributed by atoms with Crippen molar-refractivity contribution in [3.8, 4) is 11.5 Å². The minimum absolute atomic E-state index is 0.0410. The third kappa shape index (κ3) is 2.18. The molecule has 1 heterocycles. The summed E-state index contributed by atoms with van der Waals surface area (Å²) in [5, 5.41) is 9.86. The van der Waals surface area contributed by atoms with Gasteiger partial charge in [0, 0.05) is 17.2 Å². The zero-order valence-corrected chi connectivity index (χ0v) is 9.19. The molecule has 1 aromatic carbocycles. The van der Waals surface area contributed by atoms with Gasteiger partial charge in [0.1, 0.15) is 0 Å². The van der Waals surface area contributed by atoms with Crippen molar-refractivity contribution >= 4 is 0 Å². The first-order valence-corrected chi connectivity index (χ1v) is 5.16. The van der Waals surface area contributed by atoms with Crippen LogP contribution in [0, 0.1) is 0 Å². The molecule has 6 heteroatoms. The molecule has 0 amide bonds. The van der Waals surface area contributed by atoms with Gasteiger partial charge in [0.15, 0.2) is 11.5 Å². The average molecular weight is 245 g/mol. The highest BCUT2D eigenvalue weighted by Crippen LogP contribution is 2.42. The molecule has 4 nitrogen and oxygen atoms in total. The number of hydrogen-bond donors (Lipinski definition) is 2. The summed E-state index contributed by atoms with van der Waals surface area (Å²) in [5.74, 6) is 0.511. The first-order valence-electron chi connectivity index (χ1n) is 5.16. The molecular weight excluding hydrogens is 232 g/mol. The Hall–Kier alpha value is -1.40. The van der Waals surface area contributed by atoms with Crippen LogP contribution in [0.3, 0.4) is 0 Å². The van der Waals surface area contributed by atoms with Crippen LogP contribution in [-0.4, -0.2) is 17.9 Å². The summed E-state index contributed by atoms with van der Waals surface area (Å²) in [7, 11) is 0. The number of nitrogens with two attached hydrogens (primary N) is 1. The SMILES string of the molecule is CC(N)C(O)c1cc(C(F)F)cc2c1OCO2. The summed E-state index contributed by atoms with van der Waals surface area (Å²) >= 11 is 0. The van der Waals surface area contributed by atoms with Crippen LogP contribution in [-0.2, 0) is 0 Å². The van der Waals surface area contributed by atoms with Gasteiger partial charge in [-0.3, -0.25) is 0 Å². The number of aliphatic hydroxyl groups excluding tert-OH is 1. The fourth-order valence-corrected chi connectivity index (χ4v) is 1.69. The number of halogens is 2. The van der Waals surface area contributed by atoms with Crippen molar-refractivity contribution in [1.82, 2.24) is 0 Å². The van der Waals surface area contributed by atoms with Gasteiger partial charge in [-0.1, -0.05) is 0 Å². The quantitative estimate of drug-likeness (QED) is 0.851. The molecule has 1 aliphatic heterocycles. The number of rotatable bonds is 3. The van der Waals surface area contributed by atoms with Gasteiger partial charge in [-0.2, -0.15) is 0 Å². The molecule has 0 saturated carbocycles. The maximum Gasteiger partial charge on any atom is 0.263 e. The molecule has 2 atom stereocenters. The molecule has 0 aromatic heterocycles. The molecule has 1 aliphatic rings. The van der Waals surface area contributed by atoms with Crippen LogP contribution in [0.4, 0.5) is 8.78 Å². The van der Waals surface area contributed by atoms with Crippen molar-refractivity contribution < 1.29 is 23.4 Å². The minimum atomic E-state index is -2.64. The van der Waals surface area contributed by atoms with Gasteiger partial charge >= 0.3 is 0 Å². The molecule has 3 N–H and O–H groups in total. The molecule has 0 spiro atoms. The molecule has 0 bridgehead atoms. The summed E-state index contributed by atoms with van der Waals surface area (Å²) in [6.45, 7) is 1.54. The van der Waals surface area contributed by atoms with Gasteiger partial charge in [-0.15, -0.1) is 0 Å². The first-order chi connectivity index (χ1) is 8.00. The zero-order chi connectivity index (χ0) is 12.6. The standard InChI is InChI=1S/C11H13F2NO3/c1-5(14)9(15)7-2-6(11(12)13)3-8-10(7)17-4-16-8/h2-3,5,9,11,15H,4,14H2,1H3. The second-order valence-corrected chi connectivity index (χ2v) is 3.95. The van der Waals surface area contributed by atoms with E-state index in [2.05, 4.69) is 0 Å². The molecule has 0 fully saturated rings. The topological polar surface area (TPSA) is 64.7 Å². The van der Waals surface area contributed by atoms with Gasteiger partial charge < -0.3 is 20.3 Å². The highest BCUT2D eigenvalue weighted by molar-refractivity contribution is 5.52. The Morgan fingerprint density at radius 2 is 2.06 bits per heavy atom. The van der Waals surface area contributed by atoms with E-state index in [-0.39, 0.29) is 23.7 Å². The number of ether oxygens (including phenoxy) is 2. The summed E-state index contributed by atoms with van der Waals surface area (Å²) in [6, 6.07) is 1.83. The van der Waals surface area contributed by atoms with E-state index in [4.69, 9.17) is 15.2 Å². The lowest BCUT2D eigenvalue weighted by Gasteiger charge is -2.17. The Balaban J connectivity index is 2.49. The van der Waals surface area contributed by atoms with Crippen molar-refractivity contribution in [2.45, 2.75) is 25.5 Å². The van der Waals surface area contributed by atoms with Crippen LogP contribution < -0.4 is 15.2 Å². The first kappa shape index (κ1) is 12.1. The Kier molecular flexibility index (Phi) is 3.17. The van der Waals surface area contributed by atoms with Crippen LogP contribution in [0.1, 0.15) is 30.6 Å². The van der Waals surface area contributed by atoms with E-state index in [0.717, 1.165) is 0 Å². The Morgan fingerprint density at radius 3 is 2.65 bits per heavy atom. The van der Waals surface area contributed by atoms with Crippen LogP contribution in [0.2, 0.25) is 0 Å². The number of benzene rings is 1. The monoisotopic (exact) mass is 245 g/mol. The van der Waals surface area contributed by atoms with Crippen LogP contribution in [0.5, 0.6) is 11.5 Å². The molecule has 0 aliphatic carbocycles. The van der Waals surface area contributed by atoms with Crippen LogP contribution in [0.25, 0.3) is 0 Å². The number of aliphatic hydroxyl groups is 1. The number of alkyl halides is 2. The molecule has 0 radical (unpaired) electrons. The van der Waals surface area contributed by atoms with E-state index in [1.807, 2.05) is 0 Å². The van der Waals surface area contributed by atoms with Crippen molar-refractivity contribution in [3.05, 3.63) is 23.3 Å². The maximum absolute atomic E-state index is 12.7. The molecule has 17 heavy (non-hydrogen) atoms. The summed E-state index contributed by atoms with van der Waals surface area (Å²) in [6.07, 6.45) is -3.70. The van der Waals surface area contributed by atoms with E-state index in [1.54, 1.807) is 6.92 Å². The predicted octanol–water partition coefficient (Wildman–Crippen LogP) is 1.73. The third-order valence-corrected chi connectivity index (χ3v) is 2.59. The lowest BCUT2D eigenvalue weighted by atomic mass is 10.00. The molecule has 0 saturated heterocycles. The highest BCUT2D eigenvalue weighted by atomic mass is 19.3. The molecule has 2 rings (SSSR count). The van der Waals surface area contributed by atoms with Crippen LogP contribution >= 0.6 is 0 Å². The van der Waals surface area contributed by atoms with Crippen molar-refractivity contribution in [2.75, 3.05) is 6.79 Å².